The fourth-order valence-electron chi connectivity index (χ4n) is 3.30. The van der Waals surface area contributed by atoms with Crippen molar-refractivity contribution < 1.29 is 28.6 Å². The molecule has 3 heterocycles. The minimum absolute atomic E-state index is 0.0495. The number of nitrogens with one attached hydrogen (secondary N) is 2. The lowest BCUT2D eigenvalue weighted by atomic mass is 10.0. The number of carbonyl (C=O) groups is 3. The molecule has 2 N–H and O–H groups in total. The maximum atomic E-state index is 12.7. The van der Waals surface area contributed by atoms with Crippen molar-refractivity contribution in [1.29, 1.82) is 0 Å². The molecule has 10 nitrogen and oxygen atoms in total. The highest BCUT2D eigenvalue weighted by atomic mass is 35.5. The van der Waals surface area contributed by atoms with Crippen LogP contribution >= 0.6 is 34.5 Å². The summed E-state index contributed by atoms with van der Waals surface area (Å²) in [4.78, 5) is 45.2. The molecule has 0 bridgehead atoms. The van der Waals surface area contributed by atoms with Crippen molar-refractivity contribution in [3.63, 3.8) is 0 Å². The first kappa shape index (κ1) is 24.3. The van der Waals surface area contributed by atoms with Crippen molar-refractivity contribution >= 4 is 57.5 Å². The number of thiazole rings is 1. The van der Waals surface area contributed by atoms with E-state index in [1.807, 2.05) is 4.90 Å². The molecule has 0 unspecified atom stereocenters. The van der Waals surface area contributed by atoms with E-state index in [0.717, 1.165) is 11.3 Å². The number of aromatic amines is 1. The molecule has 0 aromatic carbocycles. The third-order valence-electron chi connectivity index (χ3n) is 4.99. The molecule has 2 atom stereocenters. The molecule has 0 aliphatic carbocycles. The number of H-pyrrole nitrogens is 1. The SMILES string of the molecule is COC(=O)Oc1sc(N2CC[C@@H](NC(=O)c3[nH]c(C)c(Cl)c3Cl)[C@@H](OC)C2)nc1C(C)=O. The molecule has 2 aromatic rings. The summed E-state index contributed by atoms with van der Waals surface area (Å²) in [5.74, 6) is -0.721. The molecule has 32 heavy (non-hydrogen) atoms. The van der Waals surface area contributed by atoms with Crippen LogP contribution in [0.25, 0.3) is 0 Å². The number of rotatable bonds is 6. The molecule has 1 saturated heterocycles. The first-order chi connectivity index (χ1) is 15.2. The Labute approximate surface area is 198 Å². The number of methoxy groups -OCH3 is 2. The second-order valence-electron chi connectivity index (χ2n) is 7.09. The standard InChI is InChI=1S/C19H22Cl2N4O6S/c1-8-12(20)13(21)15(22-8)16(27)23-10-5-6-25(7-11(10)29-3)18-24-14(9(2)26)17(32-18)31-19(28)30-4/h10-11,22H,5-7H2,1-4H3,(H,23,27)/t10-,11+/m1/s1. The Balaban J connectivity index is 1.73. The zero-order chi connectivity index (χ0) is 23.6. The smallest absolute Gasteiger partial charge is 0.437 e. The van der Waals surface area contributed by atoms with Crippen LogP contribution in [-0.4, -0.2) is 67.3 Å². The summed E-state index contributed by atoms with van der Waals surface area (Å²) in [6.07, 6.45) is -0.762. The van der Waals surface area contributed by atoms with Crippen LogP contribution in [0.2, 0.25) is 10.0 Å². The fourth-order valence-corrected chi connectivity index (χ4v) is 4.71. The number of hydrogen-bond acceptors (Lipinski definition) is 9. The summed E-state index contributed by atoms with van der Waals surface area (Å²) in [7, 11) is 2.72. The number of nitrogens with zero attached hydrogens (tertiary/aromatic N) is 2. The summed E-state index contributed by atoms with van der Waals surface area (Å²) in [6, 6.07) is -0.291. The second kappa shape index (κ2) is 10.1. The number of ketones is 1. The number of anilines is 1. The van der Waals surface area contributed by atoms with Crippen LogP contribution in [0.1, 0.15) is 40.0 Å². The average molecular weight is 505 g/mol. The molecule has 3 rings (SSSR count). The summed E-state index contributed by atoms with van der Waals surface area (Å²) in [6.45, 7) is 3.97. The Morgan fingerprint density at radius 3 is 2.53 bits per heavy atom. The van der Waals surface area contributed by atoms with Crippen LogP contribution in [0.4, 0.5) is 9.93 Å². The van der Waals surface area contributed by atoms with Crippen LogP contribution in [-0.2, 0) is 9.47 Å². The van der Waals surface area contributed by atoms with E-state index in [4.69, 9.17) is 32.7 Å². The van der Waals surface area contributed by atoms with Gasteiger partial charge in [-0.3, -0.25) is 9.59 Å². The number of halogens is 2. The average Bonchev–Trinajstić information content (AvgIpc) is 3.30. The van der Waals surface area contributed by atoms with Crippen LogP contribution in [0, 0.1) is 6.92 Å². The third-order valence-corrected chi connectivity index (χ3v) is 6.93. The molecule has 1 aliphatic rings. The van der Waals surface area contributed by atoms with E-state index in [0.29, 0.717) is 35.4 Å². The molecule has 0 radical (unpaired) electrons. The summed E-state index contributed by atoms with van der Waals surface area (Å²) in [5, 5.41) is 3.98. The lowest BCUT2D eigenvalue weighted by Crippen LogP contribution is -2.55. The minimum atomic E-state index is -0.933. The first-order valence-electron chi connectivity index (χ1n) is 9.55. The van der Waals surface area contributed by atoms with Gasteiger partial charge in [0.25, 0.3) is 5.91 Å². The number of amides is 1. The predicted molar refractivity (Wildman–Crippen MR) is 120 cm³/mol. The molecule has 2 aromatic heterocycles. The van der Waals surface area contributed by atoms with E-state index < -0.39 is 6.16 Å². The number of ether oxygens (including phenoxy) is 3. The van der Waals surface area contributed by atoms with Crippen LogP contribution in [0.15, 0.2) is 0 Å². The van der Waals surface area contributed by atoms with Gasteiger partial charge in [0.2, 0.25) is 5.06 Å². The summed E-state index contributed by atoms with van der Waals surface area (Å²) in [5.41, 5.74) is 0.852. The summed E-state index contributed by atoms with van der Waals surface area (Å²) < 4.78 is 15.2. The molecule has 1 fully saturated rings. The quantitative estimate of drug-likeness (QED) is 0.452. The Kier molecular flexibility index (Phi) is 7.65. The van der Waals surface area contributed by atoms with Gasteiger partial charge in [0.15, 0.2) is 16.6 Å². The van der Waals surface area contributed by atoms with Gasteiger partial charge in [-0.15, -0.1) is 0 Å². The van der Waals surface area contributed by atoms with Gasteiger partial charge in [0.1, 0.15) is 5.69 Å². The monoisotopic (exact) mass is 504 g/mol. The molecule has 174 valence electrons. The van der Waals surface area contributed by atoms with Gasteiger partial charge in [0, 0.05) is 32.8 Å². The van der Waals surface area contributed by atoms with E-state index >= 15 is 0 Å². The van der Waals surface area contributed by atoms with Crippen LogP contribution in [0.5, 0.6) is 5.06 Å². The van der Waals surface area contributed by atoms with Gasteiger partial charge in [-0.05, 0) is 13.3 Å². The normalized spacial score (nSPS) is 18.4. The highest BCUT2D eigenvalue weighted by Gasteiger charge is 2.34. The molecule has 13 heteroatoms. The van der Waals surface area contributed by atoms with E-state index in [-0.39, 0.29) is 45.3 Å². The first-order valence-corrected chi connectivity index (χ1v) is 11.1. The fraction of sp³-hybridized carbons (Fsp3) is 0.474. The molecular formula is C19H22Cl2N4O6S. The lowest BCUT2D eigenvalue weighted by molar-refractivity contribution is 0.0540. The van der Waals surface area contributed by atoms with Crippen molar-refractivity contribution in [2.75, 3.05) is 32.2 Å². The van der Waals surface area contributed by atoms with Crippen molar-refractivity contribution in [2.45, 2.75) is 32.4 Å². The molecule has 0 spiro atoms. The number of Topliss-reactive ketones (excluding diaryl/α,β-unsaturated/α-hetero) is 1. The Morgan fingerprint density at radius 2 is 1.97 bits per heavy atom. The molecule has 0 saturated carbocycles. The predicted octanol–water partition coefficient (Wildman–Crippen LogP) is 3.46. The highest BCUT2D eigenvalue weighted by Crippen LogP contribution is 2.35. The van der Waals surface area contributed by atoms with Gasteiger partial charge in [0.05, 0.1) is 29.3 Å². The number of carbonyl (C=O) groups excluding carboxylic acids is 3. The maximum Gasteiger partial charge on any atom is 0.514 e. The van der Waals surface area contributed by atoms with Crippen LogP contribution in [0.3, 0.4) is 0 Å². The van der Waals surface area contributed by atoms with Gasteiger partial charge < -0.3 is 29.4 Å². The summed E-state index contributed by atoms with van der Waals surface area (Å²) >= 11 is 13.3. The topological polar surface area (TPSA) is 123 Å². The van der Waals surface area contributed by atoms with Gasteiger partial charge >= 0.3 is 6.16 Å². The van der Waals surface area contributed by atoms with Crippen molar-refractivity contribution in [3.8, 4) is 5.06 Å². The maximum absolute atomic E-state index is 12.7. The zero-order valence-corrected chi connectivity index (χ0v) is 20.1. The van der Waals surface area contributed by atoms with E-state index in [1.54, 1.807) is 14.0 Å². The van der Waals surface area contributed by atoms with E-state index in [2.05, 4.69) is 20.0 Å². The molecule has 1 aliphatic heterocycles. The Morgan fingerprint density at radius 1 is 1.25 bits per heavy atom. The zero-order valence-electron chi connectivity index (χ0n) is 17.8. The van der Waals surface area contributed by atoms with Crippen molar-refractivity contribution in [2.24, 2.45) is 0 Å². The number of hydrogen-bond donors (Lipinski definition) is 2. The minimum Gasteiger partial charge on any atom is -0.437 e. The van der Waals surface area contributed by atoms with Gasteiger partial charge in [-0.1, -0.05) is 34.5 Å². The van der Waals surface area contributed by atoms with Crippen molar-refractivity contribution in [1.82, 2.24) is 15.3 Å². The number of aryl methyl sites for hydroxylation is 1. The lowest BCUT2D eigenvalue weighted by Gasteiger charge is -2.37. The molecular weight excluding hydrogens is 483 g/mol. The number of piperidine rings is 1. The third kappa shape index (κ3) is 5.01. The van der Waals surface area contributed by atoms with Gasteiger partial charge in [-0.2, -0.15) is 0 Å². The van der Waals surface area contributed by atoms with Gasteiger partial charge in [-0.25, -0.2) is 9.78 Å². The number of aromatic nitrogens is 2. The Bertz CT molecular complexity index is 1040. The van der Waals surface area contributed by atoms with E-state index in [1.165, 1.54) is 14.0 Å². The van der Waals surface area contributed by atoms with E-state index in [9.17, 15) is 14.4 Å². The molecule has 1 amide bonds. The highest BCUT2D eigenvalue weighted by molar-refractivity contribution is 7.17. The van der Waals surface area contributed by atoms with Crippen molar-refractivity contribution in [3.05, 3.63) is 27.1 Å². The second-order valence-corrected chi connectivity index (χ2v) is 8.78. The largest absolute Gasteiger partial charge is 0.514 e. The Hall–Kier alpha value is -2.34. The van der Waals surface area contributed by atoms with Crippen LogP contribution < -0.4 is 15.0 Å².